The quantitative estimate of drug-likeness (QED) is 0.735. The molecule has 5 nitrogen and oxygen atoms in total. The van der Waals surface area contributed by atoms with E-state index in [1.54, 1.807) is 18.0 Å². The zero-order chi connectivity index (χ0) is 12.1. The number of nitrogens with zero attached hydrogens (tertiary/aromatic N) is 2. The first-order chi connectivity index (χ1) is 7.63. The van der Waals surface area contributed by atoms with Crippen LogP contribution in [0.1, 0.15) is 30.8 Å². The van der Waals surface area contributed by atoms with Crippen LogP contribution in [0.2, 0.25) is 0 Å². The molecular weight excluding hydrogens is 206 g/mol. The molecule has 0 fully saturated rings. The number of carbonyl (C=O) groups excluding carboxylic acids is 1. The van der Waals surface area contributed by atoms with E-state index in [0.29, 0.717) is 31.0 Å². The molecule has 0 saturated heterocycles. The number of Topliss-reactive ketones (excluding diaryl/α,β-unsaturated/α-hetero) is 1. The molecule has 90 valence electrons. The van der Waals surface area contributed by atoms with Crippen LogP contribution in [-0.2, 0) is 6.54 Å². The van der Waals surface area contributed by atoms with Gasteiger partial charge in [-0.3, -0.25) is 9.48 Å². The van der Waals surface area contributed by atoms with E-state index >= 15 is 0 Å². The number of methoxy groups -OCH3 is 1. The van der Waals surface area contributed by atoms with Crippen molar-refractivity contribution in [2.24, 2.45) is 11.7 Å². The first-order valence-electron chi connectivity index (χ1n) is 5.47. The van der Waals surface area contributed by atoms with Crippen molar-refractivity contribution in [3.63, 3.8) is 0 Å². The van der Waals surface area contributed by atoms with Crippen LogP contribution >= 0.6 is 0 Å². The average molecular weight is 225 g/mol. The van der Waals surface area contributed by atoms with Gasteiger partial charge in [-0.25, -0.2) is 0 Å². The highest BCUT2D eigenvalue weighted by Crippen LogP contribution is 2.20. The van der Waals surface area contributed by atoms with Crippen LogP contribution < -0.4 is 10.5 Å². The van der Waals surface area contributed by atoms with Crippen LogP contribution in [0.4, 0.5) is 0 Å². The molecule has 0 bridgehead atoms. The van der Waals surface area contributed by atoms with Crippen molar-refractivity contribution in [3.8, 4) is 5.75 Å². The molecule has 0 aliphatic rings. The number of hydrogen-bond acceptors (Lipinski definition) is 4. The van der Waals surface area contributed by atoms with Crippen molar-refractivity contribution in [1.29, 1.82) is 0 Å². The summed E-state index contributed by atoms with van der Waals surface area (Å²) >= 11 is 0. The van der Waals surface area contributed by atoms with Crippen LogP contribution in [0.15, 0.2) is 6.20 Å². The van der Waals surface area contributed by atoms with Gasteiger partial charge < -0.3 is 10.5 Å². The summed E-state index contributed by atoms with van der Waals surface area (Å²) in [5, 5.41) is 4.10. The highest BCUT2D eigenvalue weighted by Gasteiger charge is 2.20. The maximum absolute atomic E-state index is 12.0. The van der Waals surface area contributed by atoms with Crippen LogP contribution in [0.5, 0.6) is 5.75 Å². The SMILES string of the molecule is CCn1ncc(OC)c1C(=O)CC(C)CN. The number of nitrogens with two attached hydrogens (primary N) is 1. The van der Waals surface area contributed by atoms with E-state index in [9.17, 15) is 4.79 Å². The lowest BCUT2D eigenvalue weighted by Gasteiger charge is -2.09. The van der Waals surface area contributed by atoms with Crippen molar-refractivity contribution >= 4 is 5.78 Å². The molecular formula is C11H19N3O2. The predicted molar refractivity (Wildman–Crippen MR) is 61.6 cm³/mol. The second-order valence-corrected chi connectivity index (χ2v) is 3.85. The number of ketones is 1. The molecule has 0 aromatic carbocycles. The number of aromatic nitrogens is 2. The van der Waals surface area contributed by atoms with Crippen LogP contribution in [0, 0.1) is 5.92 Å². The van der Waals surface area contributed by atoms with Crippen molar-refractivity contribution in [3.05, 3.63) is 11.9 Å². The van der Waals surface area contributed by atoms with E-state index in [2.05, 4.69) is 5.10 Å². The van der Waals surface area contributed by atoms with Gasteiger partial charge in [0.05, 0.1) is 13.3 Å². The van der Waals surface area contributed by atoms with Gasteiger partial charge in [0, 0.05) is 13.0 Å². The summed E-state index contributed by atoms with van der Waals surface area (Å²) in [6, 6.07) is 0. The van der Waals surface area contributed by atoms with E-state index in [-0.39, 0.29) is 11.7 Å². The molecule has 1 aromatic rings. The number of ether oxygens (including phenoxy) is 1. The molecule has 0 saturated carbocycles. The summed E-state index contributed by atoms with van der Waals surface area (Å²) in [5.74, 6) is 0.752. The van der Waals surface area contributed by atoms with E-state index in [1.807, 2.05) is 13.8 Å². The van der Waals surface area contributed by atoms with Gasteiger partial charge in [0.1, 0.15) is 5.69 Å². The Balaban J connectivity index is 2.92. The molecule has 5 heteroatoms. The Kier molecular flexibility index (Phi) is 4.49. The first kappa shape index (κ1) is 12.7. The summed E-state index contributed by atoms with van der Waals surface area (Å²) in [4.78, 5) is 12.0. The second kappa shape index (κ2) is 5.65. The normalized spacial score (nSPS) is 12.5. The summed E-state index contributed by atoms with van der Waals surface area (Å²) in [7, 11) is 1.54. The van der Waals surface area contributed by atoms with Gasteiger partial charge >= 0.3 is 0 Å². The molecule has 1 unspecified atom stereocenters. The maximum Gasteiger partial charge on any atom is 0.184 e. The minimum absolute atomic E-state index is 0.0363. The zero-order valence-electron chi connectivity index (χ0n) is 10.1. The third kappa shape index (κ3) is 2.61. The Morgan fingerprint density at radius 2 is 2.38 bits per heavy atom. The van der Waals surface area contributed by atoms with Crippen LogP contribution in [0.3, 0.4) is 0 Å². The maximum atomic E-state index is 12.0. The topological polar surface area (TPSA) is 70.1 Å². The number of hydrogen-bond donors (Lipinski definition) is 1. The van der Waals surface area contributed by atoms with Gasteiger partial charge in [0.2, 0.25) is 0 Å². The summed E-state index contributed by atoms with van der Waals surface area (Å²) in [5.41, 5.74) is 6.06. The molecule has 0 radical (unpaired) electrons. The highest BCUT2D eigenvalue weighted by atomic mass is 16.5. The fourth-order valence-electron chi connectivity index (χ4n) is 1.54. The Hall–Kier alpha value is -1.36. The first-order valence-corrected chi connectivity index (χ1v) is 5.47. The Morgan fingerprint density at radius 1 is 1.69 bits per heavy atom. The second-order valence-electron chi connectivity index (χ2n) is 3.85. The summed E-state index contributed by atoms with van der Waals surface area (Å²) < 4.78 is 6.79. The standard InChI is InChI=1S/C11H19N3O2/c1-4-14-11(10(16-3)7-13-14)9(15)5-8(2)6-12/h7-8H,4-6,12H2,1-3H3. The van der Waals surface area contributed by atoms with Crippen molar-refractivity contribution in [2.75, 3.05) is 13.7 Å². The molecule has 0 aliphatic carbocycles. The molecule has 16 heavy (non-hydrogen) atoms. The van der Waals surface area contributed by atoms with E-state index in [1.165, 1.54) is 0 Å². The van der Waals surface area contributed by atoms with Gasteiger partial charge in [-0.05, 0) is 19.4 Å². The van der Waals surface area contributed by atoms with Gasteiger partial charge in [-0.1, -0.05) is 6.92 Å². The number of rotatable bonds is 6. The summed E-state index contributed by atoms with van der Waals surface area (Å²) in [6.45, 7) is 5.06. The predicted octanol–water partition coefficient (Wildman–Crippen LogP) is 1.08. The monoisotopic (exact) mass is 225 g/mol. The van der Waals surface area contributed by atoms with Crippen LogP contribution in [-0.4, -0.2) is 29.2 Å². The Labute approximate surface area is 95.6 Å². The van der Waals surface area contributed by atoms with Gasteiger partial charge in [-0.15, -0.1) is 0 Å². The average Bonchev–Trinajstić information content (AvgIpc) is 2.71. The molecule has 0 amide bonds. The van der Waals surface area contributed by atoms with E-state index in [0.717, 1.165) is 0 Å². The van der Waals surface area contributed by atoms with Crippen molar-refractivity contribution in [1.82, 2.24) is 9.78 Å². The third-order valence-corrected chi connectivity index (χ3v) is 2.53. The molecule has 1 aromatic heterocycles. The van der Waals surface area contributed by atoms with Crippen molar-refractivity contribution < 1.29 is 9.53 Å². The Morgan fingerprint density at radius 3 is 2.88 bits per heavy atom. The number of aryl methyl sites for hydroxylation is 1. The zero-order valence-corrected chi connectivity index (χ0v) is 10.1. The lowest BCUT2D eigenvalue weighted by atomic mass is 10.0. The van der Waals surface area contributed by atoms with Gasteiger partial charge in [0.25, 0.3) is 0 Å². The summed E-state index contributed by atoms with van der Waals surface area (Å²) in [6.07, 6.45) is 2.00. The minimum atomic E-state index is 0.0363. The molecule has 1 rings (SSSR count). The lowest BCUT2D eigenvalue weighted by molar-refractivity contribution is 0.0952. The minimum Gasteiger partial charge on any atom is -0.493 e. The highest BCUT2D eigenvalue weighted by molar-refractivity contribution is 5.97. The van der Waals surface area contributed by atoms with Crippen LogP contribution in [0.25, 0.3) is 0 Å². The smallest absolute Gasteiger partial charge is 0.184 e. The van der Waals surface area contributed by atoms with E-state index < -0.39 is 0 Å². The molecule has 1 heterocycles. The molecule has 0 aliphatic heterocycles. The third-order valence-electron chi connectivity index (χ3n) is 2.53. The fourth-order valence-corrected chi connectivity index (χ4v) is 1.54. The van der Waals surface area contributed by atoms with Gasteiger partial charge in [-0.2, -0.15) is 5.10 Å². The van der Waals surface area contributed by atoms with Gasteiger partial charge in [0.15, 0.2) is 11.5 Å². The largest absolute Gasteiger partial charge is 0.493 e. The lowest BCUT2D eigenvalue weighted by Crippen LogP contribution is -2.18. The molecule has 1 atom stereocenters. The number of carbonyl (C=O) groups is 1. The fraction of sp³-hybridized carbons (Fsp3) is 0.636. The Bertz CT molecular complexity index is 339. The molecule has 2 N–H and O–H groups in total. The van der Waals surface area contributed by atoms with Crippen molar-refractivity contribution in [2.45, 2.75) is 26.8 Å². The molecule has 0 spiro atoms. The van der Waals surface area contributed by atoms with E-state index in [4.69, 9.17) is 10.5 Å².